The summed E-state index contributed by atoms with van der Waals surface area (Å²) in [6.45, 7) is 9.61. The van der Waals surface area contributed by atoms with E-state index in [0.717, 1.165) is 19.3 Å². The zero-order chi connectivity index (χ0) is 21.9. The van der Waals surface area contributed by atoms with Crippen LogP contribution in [0.2, 0.25) is 5.02 Å². The van der Waals surface area contributed by atoms with Gasteiger partial charge in [-0.3, -0.25) is 4.79 Å². The molecular weight excluding hydrogens is 418 g/mol. The summed E-state index contributed by atoms with van der Waals surface area (Å²) < 4.78 is 28.0. The van der Waals surface area contributed by atoms with Gasteiger partial charge in [0.1, 0.15) is 5.78 Å². The monoisotopic (exact) mass is 451 g/mol. The maximum Gasteiger partial charge on any atom is 0.243 e. The lowest BCUT2D eigenvalue weighted by molar-refractivity contribution is -0.126. The standard InChI is InChI=1S/C24H34ClNO3S/c1-16-20(25)8-5-9-22(16)30(28,29)26-12-6-7-17(15-26)21(27)14-19-13-18-10-11-24(19,4)23(18,2)3/h5,8-9,17-19H,6-7,10-15H2,1-4H3/t17-,18+,19-,24-/m1/s1. The Morgan fingerprint density at radius 2 is 1.97 bits per heavy atom. The van der Waals surface area contributed by atoms with Crippen LogP contribution in [0.4, 0.5) is 0 Å². The van der Waals surface area contributed by atoms with Gasteiger partial charge in [0.25, 0.3) is 0 Å². The van der Waals surface area contributed by atoms with Crippen molar-refractivity contribution in [1.82, 2.24) is 4.31 Å². The maximum absolute atomic E-state index is 13.3. The van der Waals surface area contributed by atoms with E-state index in [0.29, 0.717) is 47.3 Å². The van der Waals surface area contributed by atoms with Crippen LogP contribution in [0.5, 0.6) is 0 Å². The number of fused-ring (bicyclic) bond motifs is 2. The van der Waals surface area contributed by atoms with Gasteiger partial charge in [-0.05, 0) is 79.4 Å². The average Bonchev–Trinajstić information content (AvgIpc) is 3.03. The van der Waals surface area contributed by atoms with E-state index in [1.54, 1.807) is 25.1 Å². The number of Topliss-reactive ketones (excluding diaryl/α,β-unsaturated/α-hetero) is 1. The fraction of sp³-hybridized carbons (Fsp3) is 0.708. The van der Waals surface area contributed by atoms with Crippen molar-refractivity contribution >= 4 is 27.4 Å². The minimum atomic E-state index is -3.65. The highest BCUT2D eigenvalue weighted by molar-refractivity contribution is 7.89. The van der Waals surface area contributed by atoms with Crippen LogP contribution in [0, 0.1) is 35.5 Å². The minimum Gasteiger partial charge on any atom is -0.299 e. The summed E-state index contributed by atoms with van der Waals surface area (Å²) in [5.41, 5.74) is 1.10. The van der Waals surface area contributed by atoms with Gasteiger partial charge in [-0.15, -0.1) is 0 Å². The Morgan fingerprint density at radius 1 is 1.23 bits per heavy atom. The second-order valence-corrected chi connectivity index (χ2v) is 12.9. The molecule has 1 aromatic rings. The second-order valence-electron chi connectivity index (χ2n) is 10.5. The SMILES string of the molecule is Cc1c(Cl)cccc1S(=O)(=O)N1CCC[C@@H](C(=O)C[C@H]2C[C@@H]3CC[C@@]2(C)C3(C)C)C1. The predicted molar refractivity (Wildman–Crippen MR) is 120 cm³/mol. The lowest BCUT2D eigenvalue weighted by Gasteiger charge is -2.40. The van der Waals surface area contributed by atoms with Gasteiger partial charge >= 0.3 is 0 Å². The summed E-state index contributed by atoms with van der Waals surface area (Å²) in [6.07, 6.45) is 5.75. The Labute approximate surface area is 186 Å². The van der Waals surface area contributed by atoms with Crippen molar-refractivity contribution < 1.29 is 13.2 Å². The molecule has 1 saturated heterocycles. The topological polar surface area (TPSA) is 54.5 Å². The summed E-state index contributed by atoms with van der Waals surface area (Å²) in [7, 11) is -3.65. The van der Waals surface area contributed by atoms with Crippen molar-refractivity contribution in [3.8, 4) is 0 Å². The average molecular weight is 452 g/mol. The zero-order valence-electron chi connectivity index (χ0n) is 18.6. The van der Waals surface area contributed by atoms with Gasteiger partial charge in [0.2, 0.25) is 10.0 Å². The number of rotatable bonds is 5. The maximum atomic E-state index is 13.3. The number of piperidine rings is 1. The van der Waals surface area contributed by atoms with Crippen molar-refractivity contribution in [2.24, 2.45) is 28.6 Å². The van der Waals surface area contributed by atoms with E-state index in [9.17, 15) is 13.2 Å². The largest absolute Gasteiger partial charge is 0.299 e. The smallest absolute Gasteiger partial charge is 0.243 e. The number of halogens is 1. The molecule has 0 spiro atoms. The molecule has 4 atom stereocenters. The Kier molecular flexibility index (Phi) is 5.64. The molecule has 4 rings (SSSR count). The van der Waals surface area contributed by atoms with Crippen LogP contribution < -0.4 is 0 Å². The molecular formula is C24H34ClNO3S. The van der Waals surface area contributed by atoms with Crippen LogP contribution in [-0.2, 0) is 14.8 Å². The molecule has 4 nitrogen and oxygen atoms in total. The van der Waals surface area contributed by atoms with Crippen molar-refractivity contribution in [3.05, 3.63) is 28.8 Å². The van der Waals surface area contributed by atoms with Crippen molar-refractivity contribution in [3.63, 3.8) is 0 Å². The summed E-state index contributed by atoms with van der Waals surface area (Å²) in [4.78, 5) is 13.5. The molecule has 0 unspecified atom stereocenters. The quantitative estimate of drug-likeness (QED) is 0.596. The van der Waals surface area contributed by atoms with Gasteiger partial charge in [-0.25, -0.2) is 8.42 Å². The number of carbonyl (C=O) groups is 1. The second kappa shape index (κ2) is 7.60. The number of sulfonamides is 1. The summed E-state index contributed by atoms with van der Waals surface area (Å²) >= 11 is 6.16. The first-order chi connectivity index (χ1) is 14.0. The summed E-state index contributed by atoms with van der Waals surface area (Å²) in [5.74, 6) is 1.21. The molecule has 2 bridgehead atoms. The number of ketones is 1. The van der Waals surface area contributed by atoms with Crippen molar-refractivity contribution in [1.29, 1.82) is 0 Å². The van der Waals surface area contributed by atoms with E-state index in [1.165, 1.54) is 17.1 Å². The highest BCUT2D eigenvalue weighted by Gasteiger charge is 2.61. The van der Waals surface area contributed by atoms with Crippen LogP contribution in [0.15, 0.2) is 23.1 Å². The fourth-order valence-corrected chi connectivity index (χ4v) is 8.52. The molecule has 30 heavy (non-hydrogen) atoms. The number of hydrogen-bond acceptors (Lipinski definition) is 3. The Balaban J connectivity index is 1.48. The highest BCUT2D eigenvalue weighted by atomic mass is 35.5. The van der Waals surface area contributed by atoms with E-state index >= 15 is 0 Å². The number of hydrogen-bond donors (Lipinski definition) is 0. The highest BCUT2D eigenvalue weighted by Crippen LogP contribution is 2.68. The van der Waals surface area contributed by atoms with Crippen LogP contribution >= 0.6 is 11.6 Å². The molecule has 0 amide bonds. The molecule has 3 aliphatic rings. The Bertz CT molecular complexity index is 957. The summed E-state index contributed by atoms with van der Waals surface area (Å²) in [5, 5.41) is 0.452. The molecule has 6 heteroatoms. The van der Waals surface area contributed by atoms with Gasteiger partial charge < -0.3 is 0 Å². The van der Waals surface area contributed by atoms with E-state index in [1.807, 2.05) is 0 Å². The van der Waals surface area contributed by atoms with Gasteiger partial charge in [0.15, 0.2) is 0 Å². The number of benzene rings is 1. The molecule has 0 N–H and O–H groups in total. The van der Waals surface area contributed by atoms with Crippen LogP contribution in [-0.4, -0.2) is 31.6 Å². The summed E-state index contributed by atoms with van der Waals surface area (Å²) in [6, 6.07) is 4.99. The van der Waals surface area contributed by atoms with Crippen LogP contribution in [0.25, 0.3) is 0 Å². The molecule has 0 aromatic heterocycles. The van der Waals surface area contributed by atoms with E-state index in [-0.39, 0.29) is 22.0 Å². The third kappa shape index (κ3) is 3.36. The van der Waals surface area contributed by atoms with E-state index in [4.69, 9.17) is 11.6 Å². The van der Waals surface area contributed by atoms with Gasteiger partial charge in [-0.1, -0.05) is 38.4 Å². The van der Waals surface area contributed by atoms with Gasteiger partial charge in [0, 0.05) is 30.5 Å². The first kappa shape index (κ1) is 22.3. The van der Waals surface area contributed by atoms with Gasteiger partial charge in [-0.2, -0.15) is 4.31 Å². The zero-order valence-corrected chi connectivity index (χ0v) is 20.2. The fourth-order valence-electron chi connectivity index (χ4n) is 6.52. The molecule has 0 radical (unpaired) electrons. The van der Waals surface area contributed by atoms with E-state index in [2.05, 4.69) is 20.8 Å². The Hall–Kier alpha value is -0.910. The van der Waals surface area contributed by atoms with Crippen LogP contribution in [0.3, 0.4) is 0 Å². The molecule has 2 aliphatic carbocycles. The third-order valence-electron chi connectivity index (χ3n) is 9.10. The first-order valence-corrected chi connectivity index (χ1v) is 13.1. The molecule has 2 saturated carbocycles. The minimum absolute atomic E-state index is 0.196. The molecule has 1 aliphatic heterocycles. The Morgan fingerprint density at radius 3 is 2.60 bits per heavy atom. The number of carbonyl (C=O) groups excluding carboxylic acids is 1. The molecule has 1 aromatic carbocycles. The van der Waals surface area contributed by atoms with E-state index < -0.39 is 10.0 Å². The molecule has 166 valence electrons. The molecule has 1 heterocycles. The van der Waals surface area contributed by atoms with Crippen molar-refractivity contribution in [2.75, 3.05) is 13.1 Å². The lowest BCUT2D eigenvalue weighted by Crippen LogP contribution is -2.43. The van der Waals surface area contributed by atoms with Crippen LogP contribution in [0.1, 0.15) is 64.9 Å². The molecule has 3 fully saturated rings. The first-order valence-electron chi connectivity index (χ1n) is 11.3. The normalized spacial score (nSPS) is 33.7. The third-order valence-corrected chi connectivity index (χ3v) is 11.5. The predicted octanol–water partition coefficient (Wildman–Crippen LogP) is 5.47. The number of nitrogens with zero attached hydrogens (tertiary/aromatic N) is 1. The van der Waals surface area contributed by atoms with Crippen molar-refractivity contribution in [2.45, 2.75) is 71.1 Å². The lowest BCUT2D eigenvalue weighted by atomic mass is 9.65. The van der Waals surface area contributed by atoms with Gasteiger partial charge in [0.05, 0.1) is 4.90 Å².